The Balaban J connectivity index is 1.81. The second kappa shape index (κ2) is 7.79. The minimum Gasteiger partial charge on any atom is -0.353 e. The van der Waals surface area contributed by atoms with E-state index in [4.69, 9.17) is 0 Å². The van der Waals surface area contributed by atoms with E-state index in [0.29, 0.717) is 56.5 Å². The Labute approximate surface area is 159 Å². The van der Waals surface area contributed by atoms with Gasteiger partial charge in [-0.1, -0.05) is 0 Å². The van der Waals surface area contributed by atoms with Crippen LogP contribution in [0.25, 0.3) is 0 Å². The molecule has 27 heavy (non-hydrogen) atoms. The first-order chi connectivity index (χ1) is 12.8. The lowest BCUT2D eigenvalue weighted by Crippen LogP contribution is -2.48. The summed E-state index contributed by atoms with van der Waals surface area (Å²) in [5.41, 5.74) is 0.302. The monoisotopic (exact) mass is 395 g/mol. The molecule has 10 heteroatoms. The fourth-order valence-electron chi connectivity index (χ4n) is 3.63. The second-order valence-corrected chi connectivity index (χ2v) is 9.16. The topological polar surface area (TPSA) is 104 Å². The standard InChI is InChI=1S/C17H25N5O4S/c1-3-22(14-4-9-27(25,26)11-14)16-10-15(18-13(2)19-16)17(24)21-7-5-20(12-23)6-8-21/h10,12,14H,3-9,11H2,1-2H3. The van der Waals surface area contributed by atoms with Crippen LogP contribution in [-0.2, 0) is 14.6 Å². The van der Waals surface area contributed by atoms with Gasteiger partial charge in [0.25, 0.3) is 5.91 Å². The number of carbonyl (C=O) groups excluding carboxylic acids is 2. The molecule has 0 N–H and O–H groups in total. The van der Waals surface area contributed by atoms with Gasteiger partial charge in [-0.05, 0) is 20.3 Å². The van der Waals surface area contributed by atoms with E-state index in [1.165, 1.54) is 0 Å². The van der Waals surface area contributed by atoms with Crippen molar-refractivity contribution in [3.8, 4) is 0 Å². The van der Waals surface area contributed by atoms with Crippen LogP contribution < -0.4 is 4.90 Å². The molecule has 3 heterocycles. The average Bonchev–Trinajstić information content (AvgIpc) is 3.01. The Bertz CT molecular complexity index is 821. The molecule has 9 nitrogen and oxygen atoms in total. The molecule has 0 saturated carbocycles. The first-order valence-corrected chi connectivity index (χ1v) is 11.0. The minimum atomic E-state index is -3.01. The van der Waals surface area contributed by atoms with Gasteiger partial charge >= 0.3 is 0 Å². The Morgan fingerprint density at radius 1 is 1.30 bits per heavy atom. The number of carbonyl (C=O) groups is 2. The third-order valence-corrected chi connectivity index (χ3v) is 6.83. The lowest BCUT2D eigenvalue weighted by atomic mass is 10.2. The smallest absolute Gasteiger partial charge is 0.272 e. The molecule has 1 aromatic heterocycles. The van der Waals surface area contributed by atoms with Crippen LogP contribution in [0, 0.1) is 6.92 Å². The number of aryl methyl sites for hydroxylation is 1. The summed E-state index contributed by atoms with van der Waals surface area (Å²) >= 11 is 0. The maximum atomic E-state index is 12.8. The van der Waals surface area contributed by atoms with E-state index in [-0.39, 0.29) is 23.5 Å². The quantitative estimate of drug-likeness (QED) is 0.631. The van der Waals surface area contributed by atoms with Crippen LogP contribution in [0.3, 0.4) is 0 Å². The van der Waals surface area contributed by atoms with Crippen LogP contribution in [0.2, 0.25) is 0 Å². The summed E-state index contributed by atoms with van der Waals surface area (Å²) in [7, 11) is -3.01. The van der Waals surface area contributed by atoms with Crippen molar-refractivity contribution in [1.82, 2.24) is 19.8 Å². The predicted octanol–water partition coefficient (Wildman–Crippen LogP) is -0.287. The number of sulfone groups is 1. The number of piperazine rings is 1. The molecule has 3 rings (SSSR count). The number of hydrogen-bond acceptors (Lipinski definition) is 7. The number of anilines is 1. The van der Waals surface area contributed by atoms with E-state index in [0.717, 1.165) is 6.41 Å². The highest BCUT2D eigenvalue weighted by atomic mass is 32.2. The van der Waals surface area contributed by atoms with Gasteiger partial charge in [0.1, 0.15) is 17.3 Å². The molecule has 148 valence electrons. The average molecular weight is 395 g/mol. The Kier molecular flexibility index (Phi) is 5.64. The van der Waals surface area contributed by atoms with Crippen molar-refractivity contribution in [3.05, 3.63) is 17.6 Å². The van der Waals surface area contributed by atoms with E-state index in [1.807, 2.05) is 11.8 Å². The first kappa shape index (κ1) is 19.5. The van der Waals surface area contributed by atoms with Gasteiger partial charge in [0.2, 0.25) is 6.41 Å². The van der Waals surface area contributed by atoms with Crippen molar-refractivity contribution in [2.24, 2.45) is 0 Å². The first-order valence-electron chi connectivity index (χ1n) is 9.14. The van der Waals surface area contributed by atoms with Gasteiger partial charge in [-0.15, -0.1) is 0 Å². The van der Waals surface area contributed by atoms with Crippen molar-refractivity contribution in [1.29, 1.82) is 0 Å². The molecule has 0 aromatic carbocycles. The molecular formula is C17H25N5O4S. The highest BCUT2D eigenvalue weighted by Gasteiger charge is 2.33. The summed E-state index contributed by atoms with van der Waals surface area (Å²) in [4.78, 5) is 37.7. The van der Waals surface area contributed by atoms with E-state index < -0.39 is 9.84 Å². The normalized spacial score (nSPS) is 21.9. The van der Waals surface area contributed by atoms with E-state index in [9.17, 15) is 18.0 Å². The lowest BCUT2D eigenvalue weighted by Gasteiger charge is -2.32. The fraction of sp³-hybridized carbons (Fsp3) is 0.647. The molecule has 1 atom stereocenters. The number of aromatic nitrogens is 2. The number of amides is 2. The van der Waals surface area contributed by atoms with Crippen molar-refractivity contribution in [2.75, 3.05) is 49.1 Å². The van der Waals surface area contributed by atoms with Crippen LogP contribution in [0.4, 0.5) is 5.82 Å². The van der Waals surface area contributed by atoms with Gasteiger partial charge in [0.15, 0.2) is 9.84 Å². The van der Waals surface area contributed by atoms with Gasteiger partial charge < -0.3 is 14.7 Å². The number of nitrogens with zero attached hydrogens (tertiary/aromatic N) is 5. The van der Waals surface area contributed by atoms with Crippen LogP contribution >= 0.6 is 0 Å². The van der Waals surface area contributed by atoms with Gasteiger partial charge in [-0.25, -0.2) is 18.4 Å². The Hall–Kier alpha value is -2.23. The van der Waals surface area contributed by atoms with Crippen LogP contribution in [0.5, 0.6) is 0 Å². The van der Waals surface area contributed by atoms with Crippen LogP contribution in [0.1, 0.15) is 29.7 Å². The highest BCUT2D eigenvalue weighted by Crippen LogP contribution is 2.24. The van der Waals surface area contributed by atoms with Crippen molar-refractivity contribution in [3.63, 3.8) is 0 Å². The summed E-state index contributed by atoms with van der Waals surface area (Å²) in [6.07, 6.45) is 1.36. The molecule has 2 saturated heterocycles. The number of hydrogen-bond donors (Lipinski definition) is 0. The zero-order valence-corrected chi connectivity index (χ0v) is 16.5. The summed E-state index contributed by atoms with van der Waals surface area (Å²) in [6.45, 7) is 6.22. The minimum absolute atomic E-state index is 0.112. The molecular weight excluding hydrogens is 370 g/mol. The zero-order chi connectivity index (χ0) is 19.6. The molecule has 2 amide bonds. The summed E-state index contributed by atoms with van der Waals surface area (Å²) < 4.78 is 23.7. The summed E-state index contributed by atoms with van der Waals surface area (Å²) in [5.74, 6) is 1.16. The SMILES string of the molecule is CCN(c1cc(C(=O)N2CCN(C=O)CC2)nc(C)n1)C1CCS(=O)(=O)C1. The van der Waals surface area contributed by atoms with E-state index in [2.05, 4.69) is 9.97 Å². The molecule has 2 aliphatic rings. The molecule has 0 bridgehead atoms. The molecule has 1 unspecified atom stereocenters. The van der Waals surface area contributed by atoms with Gasteiger partial charge in [-0.3, -0.25) is 9.59 Å². The second-order valence-electron chi connectivity index (χ2n) is 6.94. The summed E-state index contributed by atoms with van der Waals surface area (Å²) in [5, 5.41) is 0. The fourth-order valence-corrected chi connectivity index (χ4v) is 5.36. The Morgan fingerprint density at radius 3 is 2.56 bits per heavy atom. The van der Waals surface area contributed by atoms with Gasteiger partial charge in [-0.2, -0.15) is 0 Å². The third-order valence-electron chi connectivity index (χ3n) is 5.08. The maximum absolute atomic E-state index is 12.8. The van der Waals surface area contributed by atoms with Crippen molar-refractivity contribution < 1.29 is 18.0 Å². The third kappa shape index (κ3) is 4.37. The molecule has 2 fully saturated rings. The highest BCUT2D eigenvalue weighted by molar-refractivity contribution is 7.91. The largest absolute Gasteiger partial charge is 0.353 e. The lowest BCUT2D eigenvalue weighted by molar-refractivity contribution is -0.119. The Morgan fingerprint density at radius 2 is 2.00 bits per heavy atom. The van der Waals surface area contributed by atoms with Gasteiger partial charge in [0, 0.05) is 44.8 Å². The molecule has 0 radical (unpaired) electrons. The van der Waals surface area contributed by atoms with Crippen molar-refractivity contribution in [2.45, 2.75) is 26.3 Å². The van der Waals surface area contributed by atoms with Crippen LogP contribution in [-0.4, -0.2) is 90.8 Å². The number of rotatable bonds is 5. The molecule has 1 aromatic rings. The maximum Gasteiger partial charge on any atom is 0.272 e. The molecule has 0 aliphatic carbocycles. The zero-order valence-electron chi connectivity index (χ0n) is 15.7. The molecule has 2 aliphatic heterocycles. The van der Waals surface area contributed by atoms with Crippen LogP contribution in [0.15, 0.2) is 6.07 Å². The predicted molar refractivity (Wildman–Crippen MR) is 100 cm³/mol. The van der Waals surface area contributed by atoms with E-state index >= 15 is 0 Å². The van der Waals surface area contributed by atoms with E-state index in [1.54, 1.807) is 22.8 Å². The molecule has 0 spiro atoms. The van der Waals surface area contributed by atoms with Gasteiger partial charge in [0.05, 0.1) is 11.5 Å². The van der Waals surface area contributed by atoms with Crippen molar-refractivity contribution >= 4 is 28.0 Å². The summed E-state index contributed by atoms with van der Waals surface area (Å²) in [6, 6.07) is 1.52.